The van der Waals surface area contributed by atoms with Crippen molar-refractivity contribution in [1.82, 2.24) is 0 Å². The van der Waals surface area contributed by atoms with Crippen molar-refractivity contribution in [3.8, 4) is 11.5 Å². The predicted molar refractivity (Wildman–Crippen MR) is 103 cm³/mol. The lowest BCUT2D eigenvalue weighted by molar-refractivity contribution is 0.101. The summed E-state index contributed by atoms with van der Waals surface area (Å²) in [4.78, 5) is 24.8. The molecule has 9 heteroatoms. The Hall–Kier alpha value is -3.65. The zero-order valence-corrected chi connectivity index (χ0v) is 15.3. The summed E-state index contributed by atoms with van der Waals surface area (Å²) in [6.07, 6.45) is 0. The fraction of sp³-hybridized carbons (Fsp3) is 0. The van der Waals surface area contributed by atoms with Gasteiger partial charge in [0.25, 0.3) is 11.8 Å². The van der Waals surface area contributed by atoms with E-state index in [0.717, 1.165) is 24.3 Å². The van der Waals surface area contributed by atoms with Crippen molar-refractivity contribution in [1.29, 1.82) is 0 Å². The molecular formula is C20H13ClF2N2O4. The van der Waals surface area contributed by atoms with Gasteiger partial charge in [0, 0.05) is 16.1 Å². The monoisotopic (exact) mass is 418 g/mol. The summed E-state index contributed by atoms with van der Waals surface area (Å²) in [5.74, 6) is -4.47. The lowest BCUT2D eigenvalue weighted by Gasteiger charge is -2.13. The van der Waals surface area contributed by atoms with Gasteiger partial charge in [0.1, 0.15) is 0 Å². The maximum atomic E-state index is 13.2. The minimum atomic E-state index is -0.875. The second-order valence-electron chi connectivity index (χ2n) is 5.93. The fourth-order valence-corrected chi connectivity index (χ4v) is 2.60. The number of carbonyl (C=O) groups excluding carboxylic acids is 2. The molecular weight excluding hydrogens is 406 g/mol. The second-order valence-corrected chi connectivity index (χ2v) is 6.37. The number of nitrogens with one attached hydrogen (secondary N) is 2. The van der Waals surface area contributed by atoms with Crippen molar-refractivity contribution in [3.05, 3.63) is 82.4 Å². The van der Waals surface area contributed by atoms with Gasteiger partial charge in [-0.05, 0) is 54.6 Å². The highest BCUT2D eigenvalue weighted by atomic mass is 35.5. The van der Waals surface area contributed by atoms with Crippen molar-refractivity contribution in [2.45, 2.75) is 0 Å². The van der Waals surface area contributed by atoms with Gasteiger partial charge in [0.15, 0.2) is 23.1 Å². The van der Waals surface area contributed by atoms with Gasteiger partial charge < -0.3 is 20.8 Å². The van der Waals surface area contributed by atoms with Crippen LogP contribution in [0.5, 0.6) is 11.5 Å². The highest BCUT2D eigenvalue weighted by molar-refractivity contribution is 6.31. The standard InChI is InChI=1S/C20H13ClF2N2O4/c21-12-3-6-15(24-19(28)10-1-4-13(22)17(26)7-10)16(9-12)25-20(29)11-2-5-14(23)18(27)8-11/h1-9,26-27H,(H,24,28)(H,25,29). The SMILES string of the molecule is O=C(Nc1ccc(Cl)cc1NC(=O)c1ccc(F)c(O)c1)c1ccc(F)c(O)c1. The smallest absolute Gasteiger partial charge is 0.255 e. The van der Waals surface area contributed by atoms with Crippen LogP contribution in [0.1, 0.15) is 20.7 Å². The minimum absolute atomic E-state index is 0.0143. The first-order valence-electron chi connectivity index (χ1n) is 8.14. The van der Waals surface area contributed by atoms with E-state index in [9.17, 15) is 28.6 Å². The van der Waals surface area contributed by atoms with Crippen LogP contribution in [0.2, 0.25) is 5.02 Å². The van der Waals surface area contributed by atoms with E-state index in [1.54, 1.807) is 0 Å². The molecule has 0 aliphatic heterocycles. The van der Waals surface area contributed by atoms with E-state index in [4.69, 9.17) is 11.6 Å². The van der Waals surface area contributed by atoms with E-state index in [2.05, 4.69) is 10.6 Å². The van der Waals surface area contributed by atoms with Gasteiger partial charge in [-0.3, -0.25) is 9.59 Å². The van der Waals surface area contributed by atoms with Gasteiger partial charge >= 0.3 is 0 Å². The number of hydrogen-bond acceptors (Lipinski definition) is 4. The Kier molecular flexibility index (Phi) is 5.65. The number of halogens is 3. The molecule has 0 heterocycles. The zero-order chi connectivity index (χ0) is 21.1. The summed E-state index contributed by atoms with van der Waals surface area (Å²) >= 11 is 5.96. The Morgan fingerprint density at radius 2 is 1.21 bits per heavy atom. The molecule has 0 fully saturated rings. The van der Waals surface area contributed by atoms with Crippen LogP contribution in [0.4, 0.5) is 20.2 Å². The highest BCUT2D eigenvalue weighted by Crippen LogP contribution is 2.28. The summed E-state index contributed by atoms with van der Waals surface area (Å²) in [5, 5.41) is 24.1. The van der Waals surface area contributed by atoms with E-state index in [-0.39, 0.29) is 27.5 Å². The van der Waals surface area contributed by atoms with Crippen LogP contribution in [-0.4, -0.2) is 22.0 Å². The van der Waals surface area contributed by atoms with Crippen LogP contribution in [0.15, 0.2) is 54.6 Å². The number of phenolic OH excluding ortho intramolecular Hbond substituents is 2. The molecule has 0 radical (unpaired) electrons. The van der Waals surface area contributed by atoms with Gasteiger partial charge in [-0.15, -0.1) is 0 Å². The highest BCUT2D eigenvalue weighted by Gasteiger charge is 2.15. The number of hydrogen-bond donors (Lipinski definition) is 4. The number of anilines is 2. The molecule has 2 amide bonds. The minimum Gasteiger partial charge on any atom is -0.505 e. The third-order valence-electron chi connectivity index (χ3n) is 3.89. The Labute approximate surface area is 168 Å². The number of aromatic hydroxyl groups is 2. The molecule has 0 spiro atoms. The average Bonchev–Trinajstić information content (AvgIpc) is 2.68. The third-order valence-corrected chi connectivity index (χ3v) is 4.13. The van der Waals surface area contributed by atoms with E-state index in [1.165, 1.54) is 30.3 Å². The van der Waals surface area contributed by atoms with E-state index < -0.39 is 34.9 Å². The third kappa shape index (κ3) is 4.61. The van der Waals surface area contributed by atoms with Crippen LogP contribution in [0, 0.1) is 11.6 Å². The predicted octanol–water partition coefficient (Wildman–Crippen LogP) is 4.53. The Morgan fingerprint density at radius 1 is 0.724 bits per heavy atom. The largest absolute Gasteiger partial charge is 0.505 e. The first-order chi connectivity index (χ1) is 13.7. The number of amides is 2. The van der Waals surface area contributed by atoms with E-state index >= 15 is 0 Å². The molecule has 3 rings (SSSR count). The number of phenols is 2. The summed E-state index contributed by atoms with van der Waals surface area (Å²) < 4.78 is 26.3. The second kappa shape index (κ2) is 8.15. The Balaban J connectivity index is 1.85. The molecule has 3 aromatic rings. The molecule has 0 aromatic heterocycles. The molecule has 0 saturated heterocycles. The maximum absolute atomic E-state index is 13.2. The summed E-state index contributed by atoms with van der Waals surface area (Å²) in [6.45, 7) is 0. The van der Waals surface area contributed by atoms with Crippen LogP contribution in [-0.2, 0) is 0 Å². The molecule has 0 aliphatic carbocycles. The van der Waals surface area contributed by atoms with Crippen molar-refractivity contribution in [3.63, 3.8) is 0 Å². The lowest BCUT2D eigenvalue weighted by atomic mass is 10.1. The quantitative estimate of drug-likeness (QED) is 0.500. The number of carbonyl (C=O) groups is 2. The van der Waals surface area contributed by atoms with Crippen LogP contribution < -0.4 is 10.6 Å². The maximum Gasteiger partial charge on any atom is 0.255 e. The molecule has 3 aromatic carbocycles. The van der Waals surface area contributed by atoms with Crippen molar-refractivity contribution < 1.29 is 28.6 Å². The van der Waals surface area contributed by atoms with Crippen LogP contribution >= 0.6 is 11.6 Å². The van der Waals surface area contributed by atoms with Crippen LogP contribution in [0.3, 0.4) is 0 Å². The van der Waals surface area contributed by atoms with Gasteiger partial charge in [-0.25, -0.2) is 8.78 Å². The molecule has 29 heavy (non-hydrogen) atoms. The molecule has 4 N–H and O–H groups in total. The first-order valence-corrected chi connectivity index (χ1v) is 8.51. The summed E-state index contributed by atoms with van der Waals surface area (Å²) in [6, 6.07) is 10.4. The van der Waals surface area contributed by atoms with Gasteiger partial charge in [-0.2, -0.15) is 0 Å². The molecule has 0 bridgehead atoms. The molecule has 0 unspecified atom stereocenters. The van der Waals surface area contributed by atoms with Crippen molar-refractivity contribution in [2.24, 2.45) is 0 Å². The average molecular weight is 419 g/mol. The van der Waals surface area contributed by atoms with Crippen molar-refractivity contribution in [2.75, 3.05) is 10.6 Å². The number of benzene rings is 3. The molecule has 0 aliphatic rings. The lowest BCUT2D eigenvalue weighted by Crippen LogP contribution is -2.17. The summed E-state index contributed by atoms with van der Waals surface area (Å²) in [7, 11) is 0. The van der Waals surface area contributed by atoms with Crippen LogP contribution in [0.25, 0.3) is 0 Å². The molecule has 148 valence electrons. The van der Waals surface area contributed by atoms with Gasteiger partial charge in [0.2, 0.25) is 0 Å². The molecule has 0 atom stereocenters. The van der Waals surface area contributed by atoms with Gasteiger partial charge in [0.05, 0.1) is 11.4 Å². The van der Waals surface area contributed by atoms with Crippen molar-refractivity contribution >= 4 is 34.8 Å². The summed E-state index contributed by atoms with van der Waals surface area (Å²) in [5.41, 5.74) is 0.262. The Morgan fingerprint density at radius 3 is 1.69 bits per heavy atom. The zero-order valence-electron chi connectivity index (χ0n) is 14.5. The van der Waals surface area contributed by atoms with E-state index in [1.807, 2.05) is 0 Å². The first kappa shape index (κ1) is 20.1. The molecule has 6 nitrogen and oxygen atoms in total. The number of rotatable bonds is 4. The van der Waals surface area contributed by atoms with Gasteiger partial charge in [-0.1, -0.05) is 11.6 Å². The molecule has 0 saturated carbocycles. The van der Waals surface area contributed by atoms with E-state index in [0.29, 0.717) is 0 Å². The fourth-order valence-electron chi connectivity index (χ4n) is 2.43. The topological polar surface area (TPSA) is 98.7 Å². The Bertz CT molecular complexity index is 1120. The normalized spacial score (nSPS) is 10.4.